The van der Waals surface area contributed by atoms with Crippen LogP contribution in [-0.4, -0.2) is 33.7 Å². The number of carbonyl (C=O) groups is 1. The summed E-state index contributed by atoms with van der Waals surface area (Å²) in [7, 11) is -2.28. The summed E-state index contributed by atoms with van der Waals surface area (Å²) in [5.74, 6) is -0.452. The molecule has 0 aliphatic carbocycles. The molecule has 6 nitrogen and oxygen atoms in total. The molecule has 0 aliphatic rings. The van der Waals surface area contributed by atoms with Gasteiger partial charge in [0.1, 0.15) is 17.6 Å². The van der Waals surface area contributed by atoms with Crippen LogP contribution in [0.3, 0.4) is 0 Å². The van der Waals surface area contributed by atoms with E-state index in [1.807, 2.05) is 12.1 Å². The fraction of sp³-hybridized carbons (Fsp3) is 0.350. The van der Waals surface area contributed by atoms with Gasteiger partial charge in [0.15, 0.2) is 0 Å². The van der Waals surface area contributed by atoms with Gasteiger partial charge in [-0.1, -0.05) is 30.7 Å². The number of hydrogen-bond acceptors (Lipinski definition) is 4. The van der Waals surface area contributed by atoms with E-state index >= 15 is 0 Å². The predicted molar refractivity (Wildman–Crippen MR) is 112 cm³/mol. The first kappa shape index (κ1) is 23.0. The number of rotatable bonds is 8. The molecule has 0 radical (unpaired) electrons. The normalized spacial score (nSPS) is 13.4. The Labute approximate surface area is 175 Å². The molecule has 0 heterocycles. The Morgan fingerprint density at radius 2 is 1.86 bits per heavy atom. The highest BCUT2D eigenvalue weighted by Gasteiger charge is 2.32. The van der Waals surface area contributed by atoms with Crippen molar-refractivity contribution < 1.29 is 22.3 Å². The van der Waals surface area contributed by atoms with E-state index in [9.17, 15) is 17.6 Å². The maximum atomic E-state index is 13.5. The van der Waals surface area contributed by atoms with E-state index in [4.69, 9.17) is 16.3 Å². The summed E-state index contributed by atoms with van der Waals surface area (Å²) in [6.45, 7) is 3.50. The highest BCUT2D eigenvalue weighted by molar-refractivity contribution is 7.92. The second-order valence-electron chi connectivity index (χ2n) is 6.58. The number of halogens is 2. The van der Waals surface area contributed by atoms with Gasteiger partial charge in [0.05, 0.1) is 30.1 Å². The van der Waals surface area contributed by atoms with Crippen molar-refractivity contribution in [2.75, 3.05) is 17.7 Å². The van der Waals surface area contributed by atoms with E-state index in [0.29, 0.717) is 5.75 Å². The maximum Gasteiger partial charge on any atom is 0.244 e. The van der Waals surface area contributed by atoms with Crippen molar-refractivity contribution in [3.05, 3.63) is 58.9 Å². The number of nitrogens with zero attached hydrogens (tertiary/aromatic N) is 1. The number of ether oxygens (including phenoxy) is 1. The zero-order valence-electron chi connectivity index (χ0n) is 16.6. The molecule has 29 heavy (non-hydrogen) atoms. The van der Waals surface area contributed by atoms with Gasteiger partial charge in [-0.05, 0) is 49.2 Å². The van der Waals surface area contributed by atoms with Gasteiger partial charge in [-0.3, -0.25) is 9.10 Å². The molecule has 0 bridgehead atoms. The summed E-state index contributed by atoms with van der Waals surface area (Å²) < 4.78 is 44.5. The molecule has 1 N–H and O–H groups in total. The average molecular weight is 443 g/mol. The van der Waals surface area contributed by atoms with Gasteiger partial charge in [-0.2, -0.15) is 0 Å². The van der Waals surface area contributed by atoms with Crippen molar-refractivity contribution in [1.82, 2.24) is 5.32 Å². The zero-order chi connectivity index (χ0) is 21.8. The van der Waals surface area contributed by atoms with Gasteiger partial charge in [0.25, 0.3) is 0 Å². The average Bonchev–Trinajstić information content (AvgIpc) is 2.67. The fourth-order valence-corrected chi connectivity index (χ4v) is 4.35. The van der Waals surface area contributed by atoms with E-state index in [1.54, 1.807) is 33.1 Å². The molecule has 0 saturated heterocycles. The van der Waals surface area contributed by atoms with E-state index in [1.165, 1.54) is 12.1 Å². The Morgan fingerprint density at radius 1 is 1.24 bits per heavy atom. The first-order valence-corrected chi connectivity index (χ1v) is 11.2. The molecule has 0 aliphatic heterocycles. The van der Waals surface area contributed by atoms with Gasteiger partial charge in [-0.25, -0.2) is 12.8 Å². The lowest BCUT2D eigenvalue weighted by atomic mass is 10.1. The first-order chi connectivity index (χ1) is 13.6. The van der Waals surface area contributed by atoms with Crippen molar-refractivity contribution in [2.45, 2.75) is 32.4 Å². The third-order valence-corrected chi connectivity index (χ3v) is 5.93. The second-order valence-corrected chi connectivity index (χ2v) is 8.85. The van der Waals surface area contributed by atoms with E-state index in [2.05, 4.69) is 5.32 Å². The number of methoxy groups -OCH3 is 1. The standard InChI is InChI=1S/C20H24ClFN2O4S/c1-5-19(20(25)23-13(2)14-6-9-16(28-3)10-7-14)24(29(4,26)27)15-8-11-18(22)17(21)12-15/h6-13,19H,5H2,1-4H3,(H,23,25). The number of anilines is 1. The Balaban J connectivity index is 2.30. The Hall–Kier alpha value is -2.32. The van der Waals surface area contributed by atoms with Crippen molar-refractivity contribution in [3.8, 4) is 5.75 Å². The van der Waals surface area contributed by atoms with Crippen LogP contribution < -0.4 is 14.4 Å². The van der Waals surface area contributed by atoms with Crippen LogP contribution in [-0.2, 0) is 14.8 Å². The molecular weight excluding hydrogens is 419 g/mol. The highest BCUT2D eigenvalue weighted by atomic mass is 35.5. The number of sulfonamides is 1. The molecule has 2 rings (SSSR count). The molecule has 0 aromatic heterocycles. The lowest BCUT2D eigenvalue weighted by Crippen LogP contribution is -2.49. The molecule has 0 spiro atoms. The largest absolute Gasteiger partial charge is 0.497 e. The maximum absolute atomic E-state index is 13.5. The third-order valence-electron chi connectivity index (χ3n) is 4.46. The van der Waals surface area contributed by atoms with E-state index in [0.717, 1.165) is 22.2 Å². The van der Waals surface area contributed by atoms with Crippen LogP contribution in [0.1, 0.15) is 31.9 Å². The molecule has 9 heteroatoms. The lowest BCUT2D eigenvalue weighted by molar-refractivity contribution is -0.122. The third kappa shape index (κ3) is 5.61. The number of benzene rings is 2. The monoisotopic (exact) mass is 442 g/mol. The summed E-state index contributed by atoms with van der Waals surface area (Å²) in [4.78, 5) is 12.9. The summed E-state index contributed by atoms with van der Waals surface area (Å²) in [6, 6.07) is 9.36. The van der Waals surface area contributed by atoms with Crippen LogP contribution in [0.4, 0.5) is 10.1 Å². The number of nitrogens with one attached hydrogen (secondary N) is 1. The smallest absolute Gasteiger partial charge is 0.244 e. The molecule has 2 atom stereocenters. The van der Waals surface area contributed by atoms with Gasteiger partial charge in [-0.15, -0.1) is 0 Å². The molecule has 0 saturated carbocycles. The van der Waals surface area contributed by atoms with Gasteiger partial charge in [0.2, 0.25) is 15.9 Å². The molecule has 2 aromatic rings. The molecule has 158 valence electrons. The highest BCUT2D eigenvalue weighted by Crippen LogP contribution is 2.28. The van der Waals surface area contributed by atoms with Crippen molar-refractivity contribution in [1.29, 1.82) is 0 Å². The SMILES string of the molecule is CCC(C(=O)NC(C)c1ccc(OC)cc1)N(c1ccc(F)c(Cl)c1)S(C)(=O)=O. The van der Waals surface area contributed by atoms with Crippen LogP contribution in [0.15, 0.2) is 42.5 Å². The predicted octanol–water partition coefficient (Wildman–Crippen LogP) is 3.91. The Kier molecular flexibility index (Phi) is 7.48. The van der Waals surface area contributed by atoms with Crippen molar-refractivity contribution >= 4 is 33.2 Å². The van der Waals surface area contributed by atoms with Crippen molar-refractivity contribution in [3.63, 3.8) is 0 Å². The van der Waals surface area contributed by atoms with Gasteiger partial charge in [0, 0.05) is 0 Å². The minimum Gasteiger partial charge on any atom is -0.497 e. The van der Waals surface area contributed by atoms with Crippen LogP contribution in [0.5, 0.6) is 5.75 Å². The Bertz CT molecular complexity index is 967. The van der Waals surface area contributed by atoms with Gasteiger partial charge >= 0.3 is 0 Å². The molecule has 0 fully saturated rings. The quantitative estimate of drug-likeness (QED) is 0.672. The van der Waals surface area contributed by atoms with E-state index in [-0.39, 0.29) is 23.2 Å². The molecule has 1 amide bonds. The van der Waals surface area contributed by atoms with Crippen LogP contribution in [0.25, 0.3) is 0 Å². The summed E-state index contributed by atoms with van der Waals surface area (Å²) in [6.07, 6.45) is 1.20. The van der Waals surface area contributed by atoms with Crippen LogP contribution in [0, 0.1) is 5.82 Å². The summed E-state index contributed by atoms with van der Waals surface area (Å²) in [5, 5.41) is 2.62. The fourth-order valence-electron chi connectivity index (χ4n) is 2.97. The minimum atomic E-state index is -3.84. The number of amides is 1. The topological polar surface area (TPSA) is 75.7 Å². The number of carbonyl (C=O) groups excluding carboxylic acids is 1. The van der Waals surface area contributed by atoms with Crippen LogP contribution in [0.2, 0.25) is 5.02 Å². The lowest BCUT2D eigenvalue weighted by Gasteiger charge is -2.31. The zero-order valence-corrected chi connectivity index (χ0v) is 18.2. The minimum absolute atomic E-state index is 0.123. The second kappa shape index (κ2) is 9.45. The number of hydrogen-bond donors (Lipinski definition) is 1. The first-order valence-electron chi connectivity index (χ1n) is 8.97. The van der Waals surface area contributed by atoms with Gasteiger partial charge < -0.3 is 10.1 Å². The summed E-state index contributed by atoms with van der Waals surface area (Å²) >= 11 is 5.82. The summed E-state index contributed by atoms with van der Waals surface area (Å²) in [5.41, 5.74) is 0.961. The molecular formula is C20H24ClFN2O4S. The molecule has 2 aromatic carbocycles. The van der Waals surface area contributed by atoms with E-state index < -0.39 is 27.8 Å². The van der Waals surface area contributed by atoms with Crippen molar-refractivity contribution in [2.24, 2.45) is 0 Å². The Morgan fingerprint density at radius 3 is 2.34 bits per heavy atom. The van der Waals surface area contributed by atoms with Crippen LogP contribution >= 0.6 is 11.6 Å². The molecule has 2 unspecified atom stereocenters.